The van der Waals surface area contributed by atoms with Crippen LogP contribution < -0.4 is 4.74 Å². The van der Waals surface area contributed by atoms with Crippen LogP contribution in [0.25, 0.3) is 0 Å². The van der Waals surface area contributed by atoms with Crippen molar-refractivity contribution < 1.29 is 4.74 Å². The van der Waals surface area contributed by atoms with Crippen LogP contribution in [0.4, 0.5) is 0 Å². The van der Waals surface area contributed by atoms with Gasteiger partial charge in [-0.25, -0.2) is 0 Å². The van der Waals surface area contributed by atoms with Gasteiger partial charge in [-0.05, 0) is 44.5 Å². The molecule has 2 rings (SSSR count). The van der Waals surface area contributed by atoms with Gasteiger partial charge in [0.25, 0.3) is 0 Å². The smallest absolute Gasteiger partial charge is 0.122 e. The number of likely N-dealkylation sites (N-methyl/N-ethyl adjacent to an activating group) is 1. The van der Waals surface area contributed by atoms with Crippen LogP contribution in [0.5, 0.6) is 5.75 Å². The number of nitrogens with zero attached hydrogens (tertiary/aromatic N) is 2. The average molecular weight is 288 g/mol. The maximum absolute atomic E-state index is 5.92. The number of para-hydroxylation sites is 1. The lowest BCUT2D eigenvalue weighted by Gasteiger charge is -2.32. The third-order valence-electron chi connectivity index (χ3n) is 4.06. The van der Waals surface area contributed by atoms with Gasteiger partial charge in [-0.2, -0.15) is 0 Å². The van der Waals surface area contributed by atoms with Crippen molar-refractivity contribution in [3.8, 4) is 5.75 Å². The Morgan fingerprint density at radius 3 is 2.67 bits per heavy atom. The van der Waals surface area contributed by atoms with Crippen molar-refractivity contribution in [3.05, 3.63) is 42.5 Å². The van der Waals surface area contributed by atoms with Gasteiger partial charge in [0, 0.05) is 26.2 Å². The summed E-state index contributed by atoms with van der Waals surface area (Å²) in [5.41, 5.74) is 1.23. The Hall–Kier alpha value is -1.32. The van der Waals surface area contributed by atoms with Crippen molar-refractivity contribution >= 4 is 0 Å². The van der Waals surface area contributed by atoms with Crippen LogP contribution >= 0.6 is 0 Å². The summed E-state index contributed by atoms with van der Waals surface area (Å²) in [5.74, 6) is 1.01. The Labute approximate surface area is 129 Å². The zero-order valence-electron chi connectivity index (χ0n) is 13.3. The van der Waals surface area contributed by atoms with Crippen LogP contribution in [0.3, 0.4) is 0 Å². The van der Waals surface area contributed by atoms with E-state index in [-0.39, 0.29) is 0 Å². The monoisotopic (exact) mass is 288 g/mol. The van der Waals surface area contributed by atoms with Crippen molar-refractivity contribution in [1.29, 1.82) is 0 Å². The van der Waals surface area contributed by atoms with Crippen LogP contribution in [0.1, 0.15) is 18.4 Å². The summed E-state index contributed by atoms with van der Waals surface area (Å²) < 4.78 is 5.92. The van der Waals surface area contributed by atoms with Crippen molar-refractivity contribution in [1.82, 2.24) is 9.80 Å². The standard InChI is InChI=1S/C18H28N2O/c1-3-8-17-9-4-5-10-18(17)21-16-7-6-11-20-14-12-19(2)13-15-20/h3-5,9-10H,1,6-8,11-16H2,2H3. The molecule has 1 heterocycles. The molecule has 0 saturated carbocycles. The summed E-state index contributed by atoms with van der Waals surface area (Å²) in [6, 6.07) is 8.26. The molecule has 1 saturated heterocycles. The Kier molecular flexibility index (Phi) is 6.77. The van der Waals surface area contributed by atoms with Gasteiger partial charge in [-0.15, -0.1) is 6.58 Å². The molecule has 21 heavy (non-hydrogen) atoms. The zero-order chi connectivity index (χ0) is 14.9. The van der Waals surface area contributed by atoms with E-state index in [4.69, 9.17) is 4.74 Å². The molecule has 116 valence electrons. The zero-order valence-corrected chi connectivity index (χ0v) is 13.3. The van der Waals surface area contributed by atoms with Crippen molar-refractivity contribution in [2.75, 3.05) is 46.4 Å². The molecule has 1 aliphatic heterocycles. The number of hydrogen-bond acceptors (Lipinski definition) is 3. The summed E-state index contributed by atoms with van der Waals surface area (Å²) in [4.78, 5) is 4.96. The van der Waals surface area contributed by atoms with E-state index >= 15 is 0 Å². The maximum atomic E-state index is 5.92. The van der Waals surface area contributed by atoms with Crippen LogP contribution in [0.2, 0.25) is 0 Å². The lowest BCUT2D eigenvalue weighted by molar-refractivity contribution is 0.150. The van der Waals surface area contributed by atoms with E-state index in [0.717, 1.165) is 25.2 Å². The summed E-state index contributed by atoms with van der Waals surface area (Å²) >= 11 is 0. The first-order valence-corrected chi connectivity index (χ1v) is 8.02. The second-order valence-corrected chi connectivity index (χ2v) is 5.80. The van der Waals surface area contributed by atoms with Crippen LogP contribution in [0, 0.1) is 0 Å². The molecule has 0 bridgehead atoms. The average Bonchev–Trinajstić information content (AvgIpc) is 2.51. The highest BCUT2D eigenvalue weighted by molar-refractivity contribution is 5.34. The molecule has 1 aromatic rings. The largest absolute Gasteiger partial charge is 0.493 e. The van der Waals surface area contributed by atoms with Gasteiger partial charge >= 0.3 is 0 Å². The molecule has 0 N–H and O–H groups in total. The van der Waals surface area contributed by atoms with Crippen LogP contribution in [-0.4, -0.2) is 56.2 Å². The normalized spacial score (nSPS) is 16.8. The molecular weight excluding hydrogens is 260 g/mol. The number of hydrogen-bond donors (Lipinski definition) is 0. The van der Waals surface area contributed by atoms with E-state index in [1.165, 1.54) is 44.7 Å². The number of rotatable bonds is 8. The number of ether oxygens (including phenoxy) is 1. The molecule has 0 amide bonds. The lowest BCUT2D eigenvalue weighted by atomic mass is 10.1. The number of benzene rings is 1. The Morgan fingerprint density at radius 2 is 1.90 bits per heavy atom. The summed E-state index contributed by atoms with van der Waals surface area (Å²) in [6.45, 7) is 10.6. The Balaban J connectivity index is 1.62. The second kappa shape index (κ2) is 8.85. The number of unbranched alkanes of at least 4 members (excludes halogenated alkanes) is 1. The molecule has 0 radical (unpaired) electrons. The predicted molar refractivity (Wildman–Crippen MR) is 89.0 cm³/mol. The topological polar surface area (TPSA) is 15.7 Å². The first kappa shape index (κ1) is 16.1. The molecule has 0 aromatic heterocycles. The van der Waals surface area contributed by atoms with E-state index in [0.29, 0.717) is 0 Å². The number of piperazine rings is 1. The minimum absolute atomic E-state index is 0.807. The highest BCUT2D eigenvalue weighted by Gasteiger charge is 2.12. The lowest BCUT2D eigenvalue weighted by Crippen LogP contribution is -2.44. The van der Waals surface area contributed by atoms with Gasteiger partial charge in [-0.3, -0.25) is 0 Å². The molecule has 0 aliphatic carbocycles. The van der Waals surface area contributed by atoms with Crippen LogP contribution in [-0.2, 0) is 6.42 Å². The van der Waals surface area contributed by atoms with E-state index < -0.39 is 0 Å². The van der Waals surface area contributed by atoms with Crippen LogP contribution in [0.15, 0.2) is 36.9 Å². The minimum atomic E-state index is 0.807. The molecule has 1 fully saturated rings. The quantitative estimate of drug-likeness (QED) is 0.540. The Bertz CT molecular complexity index is 425. The van der Waals surface area contributed by atoms with Crippen molar-refractivity contribution in [2.24, 2.45) is 0 Å². The molecule has 1 aliphatic rings. The third kappa shape index (κ3) is 5.52. The molecule has 0 atom stereocenters. The first-order chi connectivity index (χ1) is 10.3. The molecular formula is C18H28N2O. The highest BCUT2D eigenvalue weighted by atomic mass is 16.5. The van der Waals surface area contributed by atoms with E-state index in [2.05, 4.69) is 41.6 Å². The molecule has 3 heteroatoms. The molecule has 0 unspecified atom stereocenters. The second-order valence-electron chi connectivity index (χ2n) is 5.80. The van der Waals surface area contributed by atoms with Gasteiger partial charge in [0.2, 0.25) is 0 Å². The third-order valence-corrected chi connectivity index (χ3v) is 4.06. The Morgan fingerprint density at radius 1 is 1.14 bits per heavy atom. The fourth-order valence-electron chi connectivity index (χ4n) is 2.66. The van der Waals surface area contributed by atoms with Gasteiger partial charge in [-0.1, -0.05) is 24.3 Å². The minimum Gasteiger partial charge on any atom is -0.493 e. The van der Waals surface area contributed by atoms with E-state index in [9.17, 15) is 0 Å². The van der Waals surface area contributed by atoms with Crippen molar-refractivity contribution in [3.63, 3.8) is 0 Å². The fraction of sp³-hybridized carbons (Fsp3) is 0.556. The summed E-state index contributed by atoms with van der Waals surface area (Å²) in [5, 5.41) is 0. The summed E-state index contributed by atoms with van der Waals surface area (Å²) in [7, 11) is 2.20. The molecule has 3 nitrogen and oxygen atoms in total. The van der Waals surface area contributed by atoms with E-state index in [1.807, 2.05) is 12.1 Å². The maximum Gasteiger partial charge on any atom is 0.122 e. The van der Waals surface area contributed by atoms with Crippen molar-refractivity contribution in [2.45, 2.75) is 19.3 Å². The van der Waals surface area contributed by atoms with Gasteiger partial charge in [0.1, 0.15) is 5.75 Å². The van der Waals surface area contributed by atoms with Gasteiger partial charge in [0.15, 0.2) is 0 Å². The van der Waals surface area contributed by atoms with Gasteiger partial charge in [0.05, 0.1) is 6.61 Å². The highest BCUT2D eigenvalue weighted by Crippen LogP contribution is 2.19. The van der Waals surface area contributed by atoms with E-state index in [1.54, 1.807) is 0 Å². The first-order valence-electron chi connectivity index (χ1n) is 8.02. The molecule has 1 aromatic carbocycles. The summed E-state index contributed by atoms with van der Waals surface area (Å²) in [6.07, 6.45) is 5.13. The van der Waals surface area contributed by atoms with Gasteiger partial charge < -0.3 is 14.5 Å². The fourth-order valence-corrected chi connectivity index (χ4v) is 2.66. The number of allylic oxidation sites excluding steroid dienone is 1. The molecule has 0 spiro atoms. The SMILES string of the molecule is C=CCc1ccccc1OCCCCN1CCN(C)CC1. The predicted octanol–water partition coefficient (Wildman–Crippen LogP) is 2.82.